The summed E-state index contributed by atoms with van der Waals surface area (Å²) in [6.07, 6.45) is -8.98. The van der Waals surface area contributed by atoms with Gasteiger partial charge in [0.1, 0.15) is 30.5 Å². The van der Waals surface area contributed by atoms with E-state index in [-0.39, 0.29) is 11.4 Å². The topological polar surface area (TPSA) is 188 Å². The largest absolute Gasteiger partial charge is 0.543 e. The molecule has 11 nitrogen and oxygen atoms in total. The lowest BCUT2D eigenvalue weighted by Crippen LogP contribution is -2.59. The van der Waals surface area contributed by atoms with Gasteiger partial charge in [-0.2, -0.15) is 0 Å². The first kappa shape index (κ1) is 21.6. The molecule has 0 aliphatic carbocycles. The molecule has 0 radical (unpaired) electrons. The monoisotopic (exact) mass is 433 g/mol. The summed E-state index contributed by atoms with van der Waals surface area (Å²) < 4.78 is 11.0. The second kappa shape index (κ2) is 8.48. The lowest BCUT2D eigenvalue weighted by atomic mass is 9.99. The van der Waals surface area contributed by atoms with E-state index >= 15 is 0 Å². The van der Waals surface area contributed by atoms with Crippen molar-refractivity contribution in [3.63, 3.8) is 0 Å². The molecule has 0 saturated carbocycles. The van der Waals surface area contributed by atoms with Crippen LogP contribution in [0.5, 0.6) is 0 Å². The minimum Gasteiger partial charge on any atom is -0.543 e. The number of aromatic carboxylic acids is 1. The maximum Gasteiger partial charge on any atom is 0.187 e. The average molecular weight is 433 g/mol. The summed E-state index contributed by atoms with van der Waals surface area (Å²) in [6.45, 7) is -1.33. The van der Waals surface area contributed by atoms with Crippen LogP contribution in [0.1, 0.15) is 22.3 Å². The van der Waals surface area contributed by atoms with Gasteiger partial charge in [0.05, 0.1) is 36.1 Å². The van der Waals surface area contributed by atoms with Gasteiger partial charge in [0.15, 0.2) is 6.29 Å². The molecular weight excluding hydrogens is 412 g/mol. The summed E-state index contributed by atoms with van der Waals surface area (Å²) in [5.41, 5.74) is 0.728. The molecule has 3 heterocycles. The maximum absolute atomic E-state index is 11.5. The van der Waals surface area contributed by atoms with Crippen LogP contribution in [-0.4, -0.2) is 85.4 Å². The summed E-state index contributed by atoms with van der Waals surface area (Å²) in [5, 5.41) is 62.2. The van der Waals surface area contributed by atoms with Crippen molar-refractivity contribution in [1.29, 1.82) is 0 Å². The number of H-pyrrole nitrogens is 1. The number of para-hydroxylation sites is 1. The molecule has 0 spiro atoms. The van der Waals surface area contributed by atoms with E-state index in [0.717, 1.165) is 0 Å². The number of carboxylic acid groups (broad SMARTS) is 1. The first-order valence-corrected chi connectivity index (χ1v) is 9.55. The zero-order valence-corrected chi connectivity index (χ0v) is 16.1. The predicted molar refractivity (Wildman–Crippen MR) is 103 cm³/mol. The van der Waals surface area contributed by atoms with E-state index in [2.05, 4.69) is 9.97 Å². The number of benzene rings is 1. The number of nitrogens with one attached hydrogen (secondary N) is 1. The fourth-order valence-corrected chi connectivity index (χ4v) is 3.74. The number of aromatic amines is 1. The van der Waals surface area contributed by atoms with E-state index in [0.29, 0.717) is 21.8 Å². The van der Waals surface area contributed by atoms with Crippen LogP contribution in [0.25, 0.3) is 21.8 Å². The summed E-state index contributed by atoms with van der Waals surface area (Å²) in [7, 11) is 0. The lowest BCUT2D eigenvalue weighted by Gasteiger charge is -2.40. The zero-order chi connectivity index (χ0) is 22.3. The first-order valence-electron chi connectivity index (χ1n) is 9.55. The number of carbonyl (C=O) groups excluding carboxylic acids is 1. The van der Waals surface area contributed by atoms with Crippen LogP contribution in [0.4, 0.5) is 0 Å². The van der Waals surface area contributed by atoms with E-state index in [1.165, 1.54) is 6.07 Å². The molecule has 3 aromatic rings. The normalized spacial score (nSPS) is 27.6. The molecule has 0 bridgehead atoms. The van der Waals surface area contributed by atoms with Gasteiger partial charge < -0.3 is 49.9 Å². The number of fused-ring (bicyclic) bond motifs is 3. The van der Waals surface area contributed by atoms with Crippen LogP contribution in [0.15, 0.2) is 30.3 Å². The minimum absolute atomic E-state index is 0.0207. The first-order chi connectivity index (χ1) is 14.8. The number of aliphatic hydroxyl groups excluding tert-OH is 5. The van der Waals surface area contributed by atoms with Crippen LogP contribution in [0, 0.1) is 0 Å². The summed E-state index contributed by atoms with van der Waals surface area (Å²) in [6, 6.07) is 8.48. The molecule has 1 aliphatic rings. The summed E-state index contributed by atoms with van der Waals surface area (Å²) >= 11 is 0. The molecule has 6 atom stereocenters. The Labute approximate surface area is 175 Å². The third-order valence-electron chi connectivity index (χ3n) is 5.35. The molecule has 6 unspecified atom stereocenters. The van der Waals surface area contributed by atoms with Crippen LogP contribution in [0.3, 0.4) is 0 Å². The van der Waals surface area contributed by atoms with Crippen molar-refractivity contribution in [1.82, 2.24) is 9.97 Å². The Balaban J connectivity index is 1.77. The number of carbonyl (C=O) groups is 1. The van der Waals surface area contributed by atoms with Gasteiger partial charge in [0, 0.05) is 16.3 Å². The van der Waals surface area contributed by atoms with E-state index in [1.807, 2.05) is 0 Å². The van der Waals surface area contributed by atoms with Gasteiger partial charge in [-0.1, -0.05) is 18.2 Å². The van der Waals surface area contributed by atoms with Gasteiger partial charge in [0.2, 0.25) is 0 Å². The van der Waals surface area contributed by atoms with Gasteiger partial charge >= 0.3 is 0 Å². The predicted octanol–water partition coefficient (Wildman–Crippen LogP) is -2.07. The third kappa shape index (κ3) is 3.77. The quantitative estimate of drug-likeness (QED) is 0.252. The molecule has 11 heteroatoms. The number of rotatable bonds is 6. The number of ether oxygens (including phenoxy) is 2. The van der Waals surface area contributed by atoms with Gasteiger partial charge in [-0.3, -0.25) is 0 Å². The van der Waals surface area contributed by atoms with E-state index in [1.54, 1.807) is 24.3 Å². The second-order valence-corrected chi connectivity index (χ2v) is 7.28. The number of pyridine rings is 1. The van der Waals surface area contributed by atoms with Crippen molar-refractivity contribution >= 4 is 27.8 Å². The highest BCUT2D eigenvalue weighted by Gasteiger charge is 2.45. The number of hydrogen-bond donors (Lipinski definition) is 6. The van der Waals surface area contributed by atoms with Crippen molar-refractivity contribution in [2.75, 3.05) is 13.2 Å². The Kier molecular flexibility index (Phi) is 5.90. The van der Waals surface area contributed by atoms with Gasteiger partial charge in [-0.25, -0.2) is 4.98 Å². The molecule has 1 aromatic carbocycles. The van der Waals surface area contributed by atoms with Crippen LogP contribution >= 0.6 is 0 Å². The molecule has 31 heavy (non-hydrogen) atoms. The Bertz CT molecular complexity index is 1100. The van der Waals surface area contributed by atoms with Crippen LogP contribution in [0.2, 0.25) is 0 Å². The van der Waals surface area contributed by atoms with Gasteiger partial charge in [-0.05, 0) is 12.1 Å². The zero-order valence-electron chi connectivity index (χ0n) is 16.1. The average Bonchev–Trinajstić information content (AvgIpc) is 3.15. The highest BCUT2D eigenvalue weighted by molar-refractivity contribution is 6.09. The fourth-order valence-electron chi connectivity index (χ4n) is 3.74. The number of nitrogens with zero attached hydrogens (tertiary/aromatic N) is 1. The molecule has 2 aromatic heterocycles. The Morgan fingerprint density at radius 1 is 1.16 bits per heavy atom. The fraction of sp³-hybridized carbons (Fsp3) is 0.400. The lowest BCUT2D eigenvalue weighted by molar-refractivity contribution is -0.314. The van der Waals surface area contributed by atoms with Crippen molar-refractivity contribution in [3.8, 4) is 0 Å². The Hall–Kier alpha value is -2.64. The molecular formula is C20H21N2O9-. The molecule has 1 fully saturated rings. The van der Waals surface area contributed by atoms with Crippen molar-refractivity contribution in [2.24, 2.45) is 0 Å². The molecule has 166 valence electrons. The molecule has 4 rings (SSSR count). The van der Waals surface area contributed by atoms with Crippen LogP contribution in [-0.2, 0) is 9.47 Å². The summed E-state index contributed by atoms with van der Waals surface area (Å²) in [4.78, 5) is 18.7. The molecule has 1 saturated heterocycles. The molecule has 0 amide bonds. The minimum atomic E-state index is -1.70. The van der Waals surface area contributed by atoms with Crippen LogP contribution < -0.4 is 5.11 Å². The maximum atomic E-state index is 11.5. The smallest absolute Gasteiger partial charge is 0.187 e. The van der Waals surface area contributed by atoms with Gasteiger partial charge in [0.25, 0.3) is 0 Å². The van der Waals surface area contributed by atoms with Crippen molar-refractivity contribution < 1.29 is 44.9 Å². The van der Waals surface area contributed by atoms with Gasteiger partial charge in [-0.15, -0.1) is 0 Å². The van der Waals surface area contributed by atoms with Crippen molar-refractivity contribution in [3.05, 3.63) is 41.7 Å². The standard InChI is InChI=1S/C20H22N2O9/c23-6-12(30-20-18(27)17(26)16(25)13(7-24)31-20)15-14-9(5-11(22-15)19(28)29)8-3-1-2-4-10(8)21-14/h1-5,12-13,16-18,20-21,23-27H,6-7H2,(H,28,29)/p-1. The SMILES string of the molecule is O=C([O-])c1cc2c([nH]c3ccccc32)c(C(CO)OC2OC(CO)C(O)C(O)C2O)n1. The van der Waals surface area contributed by atoms with E-state index in [4.69, 9.17) is 9.47 Å². The third-order valence-corrected chi connectivity index (χ3v) is 5.35. The van der Waals surface area contributed by atoms with E-state index < -0.39 is 56.0 Å². The number of hydrogen-bond acceptors (Lipinski definition) is 10. The number of aliphatic hydroxyl groups is 5. The number of carboxylic acids is 1. The number of aromatic nitrogens is 2. The highest BCUT2D eigenvalue weighted by atomic mass is 16.7. The second-order valence-electron chi connectivity index (χ2n) is 7.28. The Morgan fingerprint density at radius 2 is 1.90 bits per heavy atom. The molecule has 1 aliphatic heterocycles. The molecule has 6 N–H and O–H groups in total. The summed E-state index contributed by atoms with van der Waals surface area (Å²) in [5.74, 6) is -1.53. The van der Waals surface area contributed by atoms with E-state index in [9.17, 15) is 35.4 Å². The highest BCUT2D eigenvalue weighted by Crippen LogP contribution is 2.33. The van der Waals surface area contributed by atoms with Crippen molar-refractivity contribution in [2.45, 2.75) is 36.8 Å². The Morgan fingerprint density at radius 3 is 2.58 bits per heavy atom.